The van der Waals surface area contributed by atoms with Gasteiger partial charge in [-0.3, -0.25) is 9.80 Å². The fraction of sp³-hybridized carbons (Fsp3) is 0.625. The van der Waals surface area contributed by atoms with Crippen molar-refractivity contribution >= 4 is 11.6 Å². The first-order chi connectivity index (χ1) is 10.0. The van der Waals surface area contributed by atoms with Crippen LogP contribution in [0.5, 0.6) is 5.75 Å². The Balaban J connectivity index is 2.00. The van der Waals surface area contributed by atoms with Gasteiger partial charge in [0.05, 0.1) is 5.02 Å². The number of piperazine rings is 1. The number of phenols is 1. The van der Waals surface area contributed by atoms with Crippen LogP contribution in [0.2, 0.25) is 5.02 Å². The molecule has 1 heterocycles. The predicted molar refractivity (Wildman–Crippen MR) is 85.7 cm³/mol. The van der Waals surface area contributed by atoms with Crippen molar-refractivity contribution in [3.8, 4) is 5.75 Å². The summed E-state index contributed by atoms with van der Waals surface area (Å²) in [5, 5.41) is 19.2. The summed E-state index contributed by atoms with van der Waals surface area (Å²) < 4.78 is 0. The predicted octanol–water partition coefficient (Wildman–Crippen LogP) is 2.32. The molecule has 0 radical (unpaired) electrons. The summed E-state index contributed by atoms with van der Waals surface area (Å²) in [7, 11) is 0. The molecule has 0 aromatic heterocycles. The minimum Gasteiger partial charge on any atom is -0.506 e. The third-order valence-corrected chi connectivity index (χ3v) is 4.46. The van der Waals surface area contributed by atoms with Gasteiger partial charge in [-0.2, -0.15) is 0 Å². The number of aliphatic hydroxyl groups is 1. The Kier molecular flexibility index (Phi) is 5.88. The highest BCUT2D eigenvalue weighted by Gasteiger charge is 2.28. The molecule has 0 spiro atoms. The van der Waals surface area contributed by atoms with E-state index in [4.69, 9.17) is 11.6 Å². The van der Waals surface area contributed by atoms with Crippen molar-refractivity contribution in [1.82, 2.24) is 9.80 Å². The maximum atomic E-state index is 9.48. The summed E-state index contributed by atoms with van der Waals surface area (Å²) in [6.07, 6.45) is 0.811. The second-order valence-corrected chi connectivity index (χ2v) is 6.43. The fourth-order valence-corrected chi connectivity index (χ4v) is 3.27. The first-order valence-corrected chi connectivity index (χ1v) is 7.95. The van der Waals surface area contributed by atoms with E-state index in [9.17, 15) is 10.2 Å². The molecule has 4 nitrogen and oxygen atoms in total. The van der Waals surface area contributed by atoms with Crippen molar-refractivity contribution in [2.75, 3.05) is 26.2 Å². The van der Waals surface area contributed by atoms with Crippen molar-refractivity contribution in [2.24, 2.45) is 0 Å². The molecule has 0 saturated carbocycles. The quantitative estimate of drug-likeness (QED) is 0.876. The molecule has 1 aliphatic rings. The monoisotopic (exact) mass is 312 g/mol. The van der Waals surface area contributed by atoms with Gasteiger partial charge in [0.1, 0.15) is 5.75 Å². The Morgan fingerprint density at radius 2 is 2.10 bits per heavy atom. The number of hydrogen-bond acceptors (Lipinski definition) is 4. The van der Waals surface area contributed by atoms with Crippen LogP contribution in [-0.2, 0) is 6.54 Å². The van der Waals surface area contributed by atoms with Crippen LogP contribution in [0.3, 0.4) is 0 Å². The Bertz CT molecular complexity index is 468. The number of aliphatic hydroxyl groups excluding tert-OH is 1. The van der Waals surface area contributed by atoms with Gasteiger partial charge >= 0.3 is 0 Å². The van der Waals surface area contributed by atoms with Gasteiger partial charge in [0.25, 0.3) is 0 Å². The number of phenolic OH excluding ortho intramolecular Hbond substituents is 1. The van der Waals surface area contributed by atoms with E-state index in [1.165, 1.54) is 0 Å². The van der Waals surface area contributed by atoms with E-state index in [-0.39, 0.29) is 12.4 Å². The maximum Gasteiger partial charge on any atom is 0.134 e. The van der Waals surface area contributed by atoms with Crippen LogP contribution >= 0.6 is 11.6 Å². The van der Waals surface area contributed by atoms with Gasteiger partial charge in [-0.25, -0.2) is 0 Å². The van der Waals surface area contributed by atoms with Crippen molar-refractivity contribution in [3.63, 3.8) is 0 Å². The van der Waals surface area contributed by atoms with Gasteiger partial charge in [-0.15, -0.1) is 0 Å². The molecule has 0 aliphatic carbocycles. The molecule has 0 amide bonds. The van der Waals surface area contributed by atoms with E-state index in [1.807, 2.05) is 12.1 Å². The molecular formula is C16H25ClN2O2. The highest BCUT2D eigenvalue weighted by Crippen LogP contribution is 2.25. The summed E-state index contributed by atoms with van der Waals surface area (Å²) in [6, 6.07) is 6.29. The first-order valence-electron chi connectivity index (χ1n) is 7.57. The smallest absolute Gasteiger partial charge is 0.134 e. The molecule has 2 rings (SSSR count). The minimum absolute atomic E-state index is 0.128. The highest BCUT2D eigenvalue weighted by atomic mass is 35.5. The third kappa shape index (κ3) is 4.33. The molecule has 1 fully saturated rings. The first kappa shape index (κ1) is 16.6. The van der Waals surface area contributed by atoms with Crippen molar-refractivity contribution in [3.05, 3.63) is 28.8 Å². The molecule has 1 aromatic carbocycles. The zero-order valence-corrected chi connectivity index (χ0v) is 13.6. The van der Waals surface area contributed by atoms with E-state index >= 15 is 0 Å². The standard InChI is InChI=1S/C16H25ClN2O2/c1-12(2)19-7-6-18(11-14(19)5-8-20)10-13-3-4-16(21)15(17)9-13/h3-4,9,12,14,20-21H,5-8,10-11H2,1-2H3. The SMILES string of the molecule is CC(C)N1CCN(Cc2ccc(O)c(Cl)c2)CC1CCO. The Labute approximate surface area is 131 Å². The van der Waals surface area contributed by atoms with E-state index in [1.54, 1.807) is 6.07 Å². The molecular weight excluding hydrogens is 288 g/mol. The lowest BCUT2D eigenvalue weighted by atomic mass is 10.1. The average molecular weight is 313 g/mol. The van der Waals surface area contributed by atoms with Crippen LogP contribution < -0.4 is 0 Å². The van der Waals surface area contributed by atoms with Gasteiger partial charge in [-0.1, -0.05) is 17.7 Å². The summed E-state index contributed by atoms with van der Waals surface area (Å²) >= 11 is 5.96. The summed E-state index contributed by atoms with van der Waals surface area (Å²) in [5.74, 6) is 0.128. The van der Waals surface area contributed by atoms with Gasteiger partial charge in [0.15, 0.2) is 0 Å². The lowest BCUT2D eigenvalue weighted by Crippen LogP contribution is -2.55. The van der Waals surface area contributed by atoms with Crippen LogP contribution in [0.4, 0.5) is 0 Å². The number of benzene rings is 1. The van der Waals surface area contributed by atoms with E-state index < -0.39 is 0 Å². The van der Waals surface area contributed by atoms with Crippen LogP contribution in [-0.4, -0.2) is 58.3 Å². The molecule has 2 N–H and O–H groups in total. The maximum absolute atomic E-state index is 9.48. The van der Waals surface area contributed by atoms with Gasteiger partial charge in [-0.05, 0) is 38.0 Å². The van der Waals surface area contributed by atoms with Crippen molar-refractivity contribution in [2.45, 2.75) is 38.9 Å². The van der Waals surface area contributed by atoms with Crippen molar-refractivity contribution < 1.29 is 10.2 Å². The topological polar surface area (TPSA) is 46.9 Å². The molecule has 0 bridgehead atoms. The highest BCUT2D eigenvalue weighted by molar-refractivity contribution is 6.32. The Hall–Kier alpha value is -0.810. The minimum atomic E-state index is 0.128. The number of hydrogen-bond donors (Lipinski definition) is 2. The molecule has 5 heteroatoms. The van der Waals surface area contributed by atoms with Crippen LogP contribution in [0.15, 0.2) is 18.2 Å². The molecule has 21 heavy (non-hydrogen) atoms. The van der Waals surface area contributed by atoms with E-state index in [2.05, 4.69) is 23.6 Å². The van der Waals surface area contributed by atoms with Crippen LogP contribution in [0.25, 0.3) is 0 Å². The van der Waals surface area contributed by atoms with Gasteiger partial charge in [0, 0.05) is 44.9 Å². The number of rotatable bonds is 5. The molecule has 1 aromatic rings. The Morgan fingerprint density at radius 3 is 2.71 bits per heavy atom. The molecule has 118 valence electrons. The van der Waals surface area contributed by atoms with Crippen LogP contribution in [0.1, 0.15) is 25.8 Å². The zero-order valence-electron chi connectivity index (χ0n) is 12.8. The number of nitrogens with zero attached hydrogens (tertiary/aromatic N) is 2. The molecule has 1 unspecified atom stereocenters. The van der Waals surface area contributed by atoms with Crippen LogP contribution in [0, 0.1) is 0 Å². The largest absolute Gasteiger partial charge is 0.506 e. The molecule has 1 saturated heterocycles. The van der Waals surface area contributed by atoms with E-state index in [0.717, 1.165) is 38.2 Å². The molecule has 1 aliphatic heterocycles. The average Bonchev–Trinajstić information content (AvgIpc) is 2.43. The lowest BCUT2D eigenvalue weighted by molar-refractivity contribution is 0.0349. The third-order valence-electron chi connectivity index (χ3n) is 4.16. The second-order valence-electron chi connectivity index (χ2n) is 6.02. The Morgan fingerprint density at radius 1 is 1.33 bits per heavy atom. The summed E-state index contributed by atoms with van der Waals surface area (Å²) in [6.45, 7) is 8.46. The zero-order chi connectivity index (χ0) is 15.4. The molecule has 1 atom stereocenters. The van der Waals surface area contributed by atoms with E-state index in [0.29, 0.717) is 17.1 Å². The van der Waals surface area contributed by atoms with Gasteiger partial charge < -0.3 is 10.2 Å². The normalized spacial score (nSPS) is 21.1. The second kappa shape index (κ2) is 7.45. The van der Waals surface area contributed by atoms with Gasteiger partial charge in [0.2, 0.25) is 0 Å². The number of aromatic hydroxyl groups is 1. The summed E-state index contributed by atoms with van der Waals surface area (Å²) in [5.41, 5.74) is 1.11. The van der Waals surface area contributed by atoms with Crippen molar-refractivity contribution in [1.29, 1.82) is 0 Å². The fourth-order valence-electron chi connectivity index (χ4n) is 3.07. The summed E-state index contributed by atoms with van der Waals surface area (Å²) in [4.78, 5) is 4.86. The lowest BCUT2D eigenvalue weighted by Gasteiger charge is -2.43. The number of halogens is 1.